The molecule has 3 rings (SSSR count). The second kappa shape index (κ2) is 5.82. The summed E-state index contributed by atoms with van der Waals surface area (Å²) in [5.74, 6) is 1.47. The summed E-state index contributed by atoms with van der Waals surface area (Å²) in [6, 6.07) is 5.22. The molecule has 0 saturated heterocycles. The van der Waals surface area contributed by atoms with Gasteiger partial charge in [0.1, 0.15) is 6.10 Å². The van der Waals surface area contributed by atoms with Crippen LogP contribution >= 0.6 is 0 Å². The van der Waals surface area contributed by atoms with E-state index in [-0.39, 0.29) is 12.7 Å². The van der Waals surface area contributed by atoms with E-state index in [1.54, 1.807) is 0 Å². The average Bonchev–Trinajstić information content (AvgIpc) is 3.22. The molecule has 2 aliphatic rings. The van der Waals surface area contributed by atoms with Crippen molar-refractivity contribution >= 4 is 6.40 Å². The Hall–Kier alpha value is -1.99. The summed E-state index contributed by atoms with van der Waals surface area (Å²) in [6.45, 7) is 8.09. The molecule has 2 heterocycles. The van der Waals surface area contributed by atoms with Crippen molar-refractivity contribution in [1.29, 1.82) is 0 Å². The first kappa shape index (κ1) is 16.9. The summed E-state index contributed by atoms with van der Waals surface area (Å²) in [5.41, 5.74) is 8.26. The highest BCUT2D eigenvalue weighted by atomic mass is 16.7. The molecular weight excluding hydrogens is 310 g/mol. The van der Waals surface area contributed by atoms with E-state index >= 15 is 0 Å². The van der Waals surface area contributed by atoms with E-state index in [0.717, 1.165) is 5.56 Å². The molecule has 0 radical (unpaired) electrons. The maximum absolute atomic E-state index is 11.0. The standard InChI is InChI=1S/C17H25N3O4/c1-10(2)14(18)15(21)17(20-19-8-24-17)16(3,4)11-5-6-12-13(7-11)23-9-22-12/h5-8,10,14-15,20-21H,9,18H2,1-4H3. The molecule has 24 heavy (non-hydrogen) atoms. The number of rotatable bonds is 5. The van der Waals surface area contributed by atoms with E-state index in [4.69, 9.17) is 19.9 Å². The molecule has 7 heteroatoms. The highest BCUT2D eigenvalue weighted by Crippen LogP contribution is 2.44. The third-order valence-corrected chi connectivity index (χ3v) is 5.10. The SMILES string of the molecule is CC(C)C(N)C(O)C1(C(C)(C)c2ccc3c(c2)OCO3)NN=CO1. The Balaban J connectivity index is 2.00. The average molecular weight is 335 g/mol. The normalized spacial score (nSPS) is 24.6. The van der Waals surface area contributed by atoms with Crippen LogP contribution in [0.1, 0.15) is 33.3 Å². The summed E-state index contributed by atoms with van der Waals surface area (Å²) >= 11 is 0. The minimum atomic E-state index is -1.18. The lowest BCUT2D eigenvalue weighted by atomic mass is 9.70. The zero-order valence-electron chi connectivity index (χ0n) is 14.4. The zero-order chi connectivity index (χ0) is 17.5. The fraction of sp³-hybridized carbons (Fsp3) is 0.588. The van der Waals surface area contributed by atoms with Crippen molar-refractivity contribution in [2.24, 2.45) is 16.8 Å². The third-order valence-electron chi connectivity index (χ3n) is 5.10. The van der Waals surface area contributed by atoms with Gasteiger partial charge in [-0.15, -0.1) is 5.10 Å². The van der Waals surface area contributed by atoms with Crippen LogP contribution in [0.4, 0.5) is 0 Å². The molecule has 1 aromatic carbocycles. The highest BCUT2D eigenvalue weighted by Gasteiger charge is 2.57. The van der Waals surface area contributed by atoms with Crippen molar-refractivity contribution in [3.63, 3.8) is 0 Å². The van der Waals surface area contributed by atoms with E-state index in [1.807, 2.05) is 45.9 Å². The van der Waals surface area contributed by atoms with Crippen molar-refractivity contribution in [3.05, 3.63) is 23.8 Å². The monoisotopic (exact) mass is 335 g/mol. The number of nitrogens with one attached hydrogen (secondary N) is 1. The van der Waals surface area contributed by atoms with E-state index in [2.05, 4.69) is 10.5 Å². The lowest BCUT2D eigenvalue weighted by molar-refractivity contribution is -0.126. The molecule has 0 amide bonds. The number of hydrogen-bond donors (Lipinski definition) is 3. The van der Waals surface area contributed by atoms with Crippen LogP contribution in [0.15, 0.2) is 23.3 Å². The van der Waals surface area contributed by atoms with Crippen LogP contribution in [0.5, 0.6) is 11.5 Å². The van der Waals surface area contributed by atoms with Crippen molar-refractivity contribution in [1.82, 2.24) is 5.43 Å². The van der Waals surface area contributed by atoms with Crippen molar-refractivity contribution in [3.8, 4) is 11.5 Å². The van der Waals surface area contributed by atoms with Crippen LogP contribution in [0, 0.1) is 5.92 Å². The van der Waals surface area contributed by atoms with Gasteiger partial charge >= 0.3 is 0 Å². The number of nitrogens with two attached hydrogens (primary N) is 1. The van der Waals surface area contributed by atoms with Crippen LogP contribution in [0.25, 0.3) is 0 Å². The first-order valence-corrected chi connectivity index (χ1v) is 8.10. The highest BCUT2D eigenvalue weighted by molar-refractivity contribution is 5.52. The molecule has 2 aliphatic heterocycles. The van der Waals surface area contributed by atoms with Gasteiger partial charge in [0.05, 0.1) is 5.41 Å². The van der Waals surface area contributed by atoms with Crippen LogP contribution in [-0.2, 0) is 10.2 Å². The van der Waals surface area contributed by atoms with E-state index in [9.17, 15) is 5.11 Å². The predicted octanol–water partition coefficient (Wildman–Crippen LogP) is 1.30. The maximum Gasteiger partial charge on any atom is 0.232 e. The molecule has 7 nitrogen and oxygen atoms in total. The Morgan fingerprint density at radius 3 is 2.62 bits per heavy atom. The molecule has 0 saturated carbocycles. The Morgan fingerprint density at radius 1 is 1.29 bits per heavy atom. The van der Waals surface area contributed by atoms with Gasteiger partial charge in [0.25, 0.3) is 0 Å². The summed E-state index contributed by atoms with van der Waals surface area (Å²) in [6.07, 6.45) is 0.339. The Kier molecular flexibility index (Phi) is 4.09. The second-order valence-electron chi connectivity index (χ2n) is 7.16. The molecule has 0 aliphatic carbocycles. The van der Waals surface area contributed by atoms with Crippen molar-refractivity contribution < 1.29 is 19.3 Å². The van der Waals surface area contributed by atoms with Gasteiger partial charge in [-0.2, -0.15) is 0 Å². The minimum Gasteiger partial charge on any atom is -0.454 e. The topological polar surface area (TPSA) is 98.3 Å². The zero-order valence-corrected chi connectivity index (χ0v) is 14.4. The molecule has 3 atom stereocenters. The molecule has 0 fully saturated rings. The van der Waals surface area contributed by atoms with Gasteiger partial charge in [0.2, 0.25) is 12.5 Å². The maximum atomic E-state index is 11.0. The van der Waals surface area contributed by atoms with Crippen molar-refractivity contribution in [2.75, 3.05) is 6.79 Å². The van der Waals surface area contributed by atoms with Crippen LogP contribution in [-0.4, -0.2) is 36.2 Å². The lowest BCUT2D eigenvalue weighted by Gasteiger charge is -2.47. The first-order valence-electron chi connectivity index (χ1n) is 8.10. The lowest BCUT2D eigenvalue weighted by Crippen LogP contribution is -2.68. The number of benzene rings is 1. The van der Waals surface area contributed by atoms with Gasteiger partial charge in [0, 0.05) is 6.04 Å². The molecule has 0 bridgehead atoms. The molecule has 0 spiro atoms. The second-order valence-corrected chi connectivity index (χ2v) is 7.16. The Labute approximate surface area is 141 Å². The number of hydrazone groups is 1. The van der Waals surface area contributed by atoms with Crippen LogP contribution in [0.2, 0.25) is 0 Å². The summed E-state index contributed by atoms with van der Waals surface area (Å²) in [7, 11) is 0. The number of aliphatic hydroxyl groups excluding tert-OH is 1. The fourth-order valence-electron chi connectivity index (χ4n) is 3.19. The molecule has 4 N–H and O–H groups in total. The molecule has 132 valence electrons. The summed E-state index contributed by atoms with van der Waals surface area (Å²) in [4.78, 5) is 0. The number of nitrogens with zero attached hydrogens (tertiary/aromatic N) is 1. The number of ether oxygens (including phenoxy) is 3. The molecule has 3 unspecified atom stereocenters. The van der Waals surface area contributed by atoms with Crippen LogP contribution in [0.3, 0.4) is 0 Å². The van der Waals surface area contributed by atoms with Gasteiger partial charge in [-0.05, 0) is 37.5 Å². The van der Waals surface area contributed by atoms with Crippen molar-refractivity contribution in [2.45, 2.75) is 51.0 Å². The summed E-state index contributed by atoms with van der Waals surface area (Å²) < 4.78 is 16.7. The largest absolute Gasteiger partial charge is 0.454 e. The van der Waals surface area contributed by atoms with E-state index in [1.165, 1.54) is 6.40 Å². The fourth-order valence-corrected chi connectivity index (χ4v) is 3.19. The van der Waals surface area contributed by atoms with Gasteiger partial charge in [-0.3, -0.25) is 5.43 Å². The number of aliphatic hydroxyl groups is 1. The van der Waals surface area contributed by atoms with Gasteiger partial charge in [0.15, 0.2) is 17.9 Å². The quantitative estimate of drug-likeness (QED) is 0.750. The molecular formula is C17H25N3O4. The third kappa shape index (κ3) is 2.39. The molecule has 0 aromatic heterocycles. The first-order chi connectivity index (χ1) is 11.3. The Morgan fingerprint density at radius 2 is 2.00 bits per heavy atom. The van der Waals surface area contributed by atoms with Gasteiger partial charge in [-0.25, -0.2) is 0 Å². The van der Waals surface area contributed by atoms with E-state index in [0.29, 0.717) is 11.5 Å². The predicted molar refractivity (Wildman–Crippen MR) is 89.9 cm³/mol. The Bertz CT molecular complexity index is 637. The number of fused-ring (bicyclic) bond motifs is 1. The van der Waals surface area contributed by atoms with E-state index < -0.39 is 23.3 Å². The molecule has 1 aromatic rings. The number of hydrogen-bond acceptors (Lipinski definition) is 7. The van der Waals surface area contributed by atoms with Gasteiger partial charge in [-0.1, -0.05) is 19.9 Å². The summed E-state index contributed by atoms with van der Waals surface area (Å²) in [5, 5.41) is 15.0. The van der Waals surface area contributed by atoms with Gasteiger partial charge < -0.3 is 25.1 Å². The van der Waals surface area contributed by atoms with Crippen LogP contribution < -0.4 is 20.6 Å². The minimum absolute atomic E-state index is 0.0791. The smallest absolute Gasteiger partial charge is 0.232 e.